The summed E-state index contributed by atoms with van der Waals surface area (Å²) >= 11 is 0. The smallest absolute Gasteiger partial charge is 0.229 e. The van der Waals surface area contributed by atoms with Crippen molar-refractivity contribution in [3.05, 3.63) is 42.1 Å². The van der Waals surface area contributed by atoms with Crippen LogP contribution in [0, 0.1) is 11.3 Å². The molecule has 1 fully saturated rings. The van der Waals surface area contributed by atoms with Gasteiger partial charge >= 0.3 is 0 Å². The molecule has 5 nitrogen and oxygen atoms in total. The maximum atomic E-state index is 8.85. The van der Waals surface area contributed by atoms with Gasteiger partial charge in [-0.05, 0) is 56.0 Å². The van der Waals surface area contributed by atoms with E-state index in [0.29, 0.717) is 17.6 Å². The SMILES string of the molecule is CCC1CCCCN1c1ccnc(Nc2ccc(C#N)cc2)n1. The molecular weight excluding hydrogens is 286 g/mol. The molecule has 0 bridgehead atoms. The van der Waals surface area contributed by atoms with Gasteiger partial charge < -0.3 is 10.2 Å². The summed E-state index contributed by atoms with van der Waals surface area (Å²) in [5, 5.41) is 12.1. The Morgan fingerprint density at radius 1 is 1.26 bits per heavy atom. The number of piperidine rings is 1. The lowest BCUT2D eigenvalue weighted by Crippen LogP contribution is -2.39. The molecule has 0 aliphatic carbocycles. The molecule has 23 heavy (non-hydrogen) atoms. The van der Waals surface area contributed by atoms with Crippen molar-refractivity contribution in [3.8, 4) is 6.07 Å². The first-order chi connectivity index (χ1) is 11.3. The van der Waals surface area contributed by atoms with Gasteiger partial charge in [0.25, 0.3) is 0 Å². The molecule has 1 aromatic heterocycles. The van der Waals surface area contributed by atoms with Crippen molar-refractivity contribution in [3.63, 3.8) is 0 Å². The number of nitrogens with zero attached hydrogens (tertiary/aromatic N) is 4. The van der Waals surface area contributed by atoms with Crippen LogP contribution < -0.4 is 10.2 Å². The molecule has 2 heterocycles. The lowest BCUT2D eigenvalue weighted by molar-refractivity contribution is 0.447. The summed E-state index contributed by atoms with van der Waals surface area (Å²) in [7, 11) is 0. The minimum Gasteiger partial charge on any atom is -0.353 e. The first-order valence-electron chi connectivity index (χ1n) is 8.17. The Hall–Kier alpha value is -2.61. The number of aromatic nitrogens is 2. The van der Waals surface area contributed by atoms with Crippen LogP contribution in [0.5, 0.6) is 0 Å². The Morgan fingerprint density at radius 2 is 2.09 bits per heavy atom. The van der Waals surface area contributed by atoms with E-state index in [2.05, 4.69) is 33.2 Å². The molecule has 2 aromatic rings. The van der Waals surface area contributed by atoms with E-state index in [0.717, 1.165) is 24.5 Å². The van der Waals surface area contributed by atoms with E-state index in [-0.39, 0.29) is 0 Å². The maximum Gasteiger partial charge on any atom is 0.229 e. The summed E-state index contributed by atoms with van der Waals surface area (Å²) in [5.41, 5.74) is 1.52. The molecule has 0 saturated carbocycles. The third-order valence-corrected chi connectivity index (χ3v) is 4.30. The second kappa shape index (κ2) is 7.10. The molecular formula is C18H21N5. The van der Waals surface area contributed by atoms with Gasteiger partial charge in [-0.1, -0.05) is 6.92 Å². The average Bonchev–Trinajstić information content (AvgIpc) is 2.62. The fraction of sp³-hybridized carbons (Fsp3) is 0.389. The van der Waals surface area contributed by atoms with E-state index in [1.54, 1.807) is 18.3 Å². The molecule has 1 aliphatic heterocycles. The summed E-state index contributed by atoms with van der Waals surface area (Å²) in [4.78, 5) is 11.4. The molecule has 0 radical (unpaired) electrons. The molecule has 1 atom stereocenters. The predicted molar refractivity (Wildman–Crippen MR) is 91.7 cm³/mol. The highest BCUT2D eigenvalue weighted by Crippen LogP contribution is 2.25. The van der Waals surface area contributed by atoms with E-state index in [4.69, 9.17) is 5.26 Å². The zero-order valence-corrected chi connectivity index (χ0v) is 13.4. The first kappa shape index (κ1) is 15.3. The number of hydrogen-bond acceptors (Lipinski definition) is 5. The molecule has 0 spiro atoms. The van der Waals surface area contributed by atoms with E-state index >= 15 is 0 Å². The number of benzene rings is 1. The zero-order chi connectivity index (χ0) is 16.1. The summed E-state index contributed by atoms with van der Waals surface area (Å²) in [6, 6.07) is 12.0. The first-order valence-corrected chi connectivity index (χ1v) is 8.17. The lowest BCUT2D eigenvalue weighted by atomic mass is 10.0. The Labute approximate surface area is 137 Å². The summed E-state index contributed by atoms with van der Waals surface area (Å²) in [5.74, 6) is 1.58. The summed E-state index contributed by atoms with van der Waals surface area (Å²) in [6.45, 7) is 3.30. The molecule has 0 amide bonds. The van der Waals surface area contributed by atoms with E-state index in [9.17, 15) is 0 Å². The largest absolute Gasteiger partial charge is 0.353 e. The number of anilines is 3. The molecule has 1 saturated heterocycles. The van der Waals surface area contributed by atoms with Crippen LogP contribution in [0.2, 0.25) is 0 Å². The predicted octanol–water partition coefficient (Wildman–Crippen LogP) is 3.86. The molecule has 1 N–H and O–H groups in total. The third kappa shape index (κ3) is 3.59. The van der Waals surface area contributed by atoms with Crippen molar-refractivity contribution in [1.29, 1.82) is 5.26 Å². The van der Waals surface area contributed by atoms with Gasteiger partial charge in [-0.3, -0.25) is 0 Å². The highest BCUT2D eigenvalue weighted by Gasteiger charge is 2.22. The standard InChI is InChI=1S/C18H21N5/c1-2-16-5-3-4-12-23(16)17-10-11-20-18(22-17)21-15-8-6-14(13-19)7-9-15/h6-11,16H,2-5,12H2,1H3,(H,20,21,22). The van der Waals surface area contributed by atoms with Crippen molar-refractivity contribution >= 4 is 17.5 Å². The topological polar surface area (TPSA) is 64.8 Å². The van der Waals surface area contributed by atoms with Gasteiger partial charge in [-0.25, -0.2) is 4.98 Å². The van der Waals surface area contributed by atoms with E-state index in [1.165, 1.54) is 19.3 Å². The van der Waals surface area contributed by atoms with Crippen LogP contribution in [0.4, 0.5) is 17.5 Å². The van der Waals surface area contributed by atoms with Crippen molar-refractivity contribution in [1.82, 2.24) is 9.97 Å². The quantitative estimate of drug-likeness (QED) is 0.929. The Kier molecular flexibility index (Phi) is 4.72. The van der Waals surface area contributed by atoms with Crippen LogP contribution in [0.15, 0.2) is 36.5 Å². The highest BCUT2D eigenvalue weighted by molar-refractivity contribution is 5.56. The van der Waals surface area contributed by atoms with Gasteiger partial charge in [0.05, 0.1) is 11.6 Å². The number of nitrogens with one attached hydrogen (secondary N) is 1. The van der Waals surface area contributed by atoms with Crippen LogP contribution in [-0.2, 0) is 0 Å². The van der Waals surface area contributed by atoms with Crippen LogP contribution in [0.1, 0.15) is 38.2 Å². The Bertz CT molecular complexity index is 689. The van der Waals surface area contributed by atoms with Crippen LogP contribution in [-0.4, -0.2) is 22.6 Å². The fourth-order valence-electron chi connectivity index (χ4n) is 3.05. The van der Waals surface area contributed by atoms with E-state index < -0.39 is 0 Å². The summed E-state index contributed by atoms with van der Waals surface area (Å²) in [6.07, 6.45) is 6.70. The fourth-order valence-corrected chi connectivity index (χ4v) is 3.05. The van der Waals surface area contributed by atoms with Crippen molar-refractivity contribution < 1.29 is 0 Å². The van der Waals surface area contributed by atoms with Gasteiger partial charge in [0, 0.05) is 24.5 Å². The second-order valence-electron chi connectivity index (χ2n) is 5.80. The summed E-state index contributed by atoms with van der Waals surface area (Å²) < 4.78 is 0. The van der Waals surface area contributed by atoms with Crippen LogP contribution in [0.3, 0.4) is 0 Å². The number of rotatable bonds is 4. The van der Waals surface area contributed by atoms with Gasteiger partial charge in [0.2, 0.25) is 5.95 Å². The molecule has 1 aromatic carbocycles. The van der Waals surface area contributed by atoms with Gasteiger partial charge in [-0.2, -0.15) is 10.2 Å². The molecule has 118 valence electrons. The van der Waals surface area contributed by atoms with Gasteiger partial charge in [0.15, 0.2) is 0 Å². The van der Waals surface area contributed by atoms with Crippen molar-refractivity contribution in [2.45, 2.75) is 38.6 Å². The minimum atomic E-state index is 0.571. The Morgan fingerprint density at radius 3 is 2.83 bits per heavy atom. The van der Waals surface area contributed by atoms with Crippen LogP contribution >= 0.6 is 0 Å². The molecule has 3 rings (SSSR count). The number of nitriles is 1. The van der Waals surface area contributed by atoms with Gasteiger partial charge in [0.1, 0.15) is 5.82 Å². The van der Waals surface area contributed by atoms with E-state index in [1.807, 2.05) is 18.2 Å². The monoisotopic (exact) mass is 307 g/mol. The Balaban J connectivity index is 1.77. The lowest BCUT2D eigenvalue weighted by Gasteiger charge is -2.36. The molecule has 1 aliphatic rings. The van der Waals surface area contributed by atoms with Crippen LogP contribution in [0.25, 0.3) is 0 Å². The zero-order valence-electron chi connectivity index (χ0n) is 13.4. The molecule has 5 heteroatoms. The normalized spacial score (nSPS) is 17.6. The number of hydrogen-bond donors (Lipinski definition) is 1. The van der Waals surface area contributed by atoms with Crippen molar-refractivity contribution in [2.75, 3.05) is 16.8 Å². The average molecular weight is 307 g/mol. The molecule has 1 unspecified atom stereocenters. The van der Waals surface area contributed by atoms with Gasteiger partial charge in [-0.15, -0.1) is 0 Å². The van der Waals surface area contributed by atoms with Crippen molar-refractivity contribution in [2.24, 2.45) is 0 Å². The third-order valence-electron chi connectivity index (χ3n) is 4.30. The second-order valence-corrected chi connectivity index (χ2v) is 5.80. The minimum absolute atomic E-state index is 0.571. The maximum absolute atomic E-state index is 8.85. The highest BCUT2D eigenvalue weighted by atomic mass is 15.2.